The predicted molar refractivity (Wildman–Crippen MR) is 90.0 cm³/mol. The lowest BCUT2D eigenvalue weighted by atomic mass is 10.1. The van der Waals surface area contributed by atoms with E-state index in [0.717, 1.165) is 18.7 Å². The van der Waals surface area contributed by atoms with E-state index >= 15 is 0 Å². The molecule has 2 N–H and O–H groups in total. The summed E-state index contributed by atoms with van der Waals surface area (Å²) in [5, 5.41) is 0. The Balaban J connectivity index is 0.00000192. The maximum absolute atomic E-state index is 12.1. The standard InChI is InChI=1S/C17H22N2O3.ClH/c1-12(20)13-4-6-15(7-5-13)22-8-2-3-16(21)19-10-14-9-17(14,18)11-19;/h4-7,14H,2-3,8-11,18H2,1H3;1H/t14-,17-;/m0./s1. The topological polar surface area (TPSA) is 72.6 Å². The van der Waals surface area contributed by atoms with Crippen LogP contribution in [0.3, 0.4) is 0 Å². The molecule has 0 bridgehead atoms. The number of benzene rings is 1. The zero-order chi connectivity index (χ0) is 15.7. The first kappa shape index (κ1) is 17.8. The second-order valence-electron chi connectivity index (χ2n) is 6.44. The number of nitrogens with zero attached hydrogens (tertiary/aromatic N) is 1. The molecular weight excluding hydrogens is 316 g/mol. The van der Waals surface area contributed by atoms with Gasteiger partial charge in [0.15, 0.2) is 5.78 Å². The van der Waals surface area contributed by atoms with Gasteiger partial charge in [-0.2, -0.15) is 0 Å². The second kappa shape index (κ2) is 6.89. The quantitative estimate of drug-likeness (QED) is 0.636. The molecule has 23 heavy (non-hydrogen) atoms. The van der Waals surface area contributed by atoms with Crippen LogP contribution in [0.25, 0.3) is 0 Å². The van der Waals surface area contributed by atoms with Crippen molar-refractivity contribution in [1.29, 1.82) is 0 Å². The molecule has 2 fully saturated rings. The lowest BCUT2D eigenvalue weighted by Gasteiger charge is -2.19. The van der Waals surface area contributed by atoms with Crippen LogP contribution in [0.2, 0.25) is 0 Å². The summed E-state index contributed by atoms with van der Waals surface area (Å²) in [6.45, 7) is 3.57. The van der Waals surface area contributed by atoms with Gasteiger partial charge in [-0.3, -0.25) is 9.59 Å². The van der Waals surface area contributed by atoms with Crippen LogP contribution in [-0.4, -0.2) is 41.8 Å². The molecule has 1 heterocycles. The summed E-state index contributed by atoms with van der Waals surface area (Å²) >= 11 is 0. The fourth-order valence-electron chi connectivity index (χ4n) is 3.07. The molecule has 0 spiro atoms. The van der Waals surface area contributed by atoms with Gasteiger partial charge in [0.2, 0.25) is 5.91 Å². The van der Waals surface area contributed by atoms with Gasteiger partial charge in [-0.1, -0.05) is 0 Å². The number of amides is 1. The third-order valence-electron chi connectivity index (χ3n) is 4.62. The van der Waals surface area contributed by atoms with Crippen LogP contribution >= 0.6 is 12.4 Å². The van der Waals surface area contributed by atoms with Crippen molar-refractivity contribution in [2.24, 2.45) is 11.7 Å². The summed E-state index contributed by atoms with van der Waals surface area (Å²) in [5.41, 5.74) is 6.70. The largest absolute Gasteiger partial charge is 0.494 e. The van der Waals surface area contributed by atoms with Crippen LogP contribution in [0.5, 0.6) is 5.75 Å². The molecule has 1 amide bonds. The van der Waals surface area contributed by atoms with Gasteiger partial charge in [0, 0.05) is 30.6 Å². The van der Waals surface area contributed by atoms with Crippen molar-refractivity contribution in [1.82, 2.24) is 4.90 Å². The van der Waals surface area contributed by atoms with Crippen molar-refractivity contribution < 1.29 is 14.3 Å². The summed E-state index contributed by atoms with van der Waals surface area (Å²) < 4.78 is 5.60. The van der Waals surface area contributed by atoms with Crippen molar-refractivity contribution in [2.75, 3.05) is 19.7 Å². The van der Waals surface area contributed by atoms with Gasteiger partial charge >= 0.3 is 0 Å². The Morgan fingerprint density at radius 2 is 2.04 bits per heavy atom. The predicted octanol–water partition coefficient (Wildman–Crippen LogP) is 2.03. The van der Waals surface area contributed by atoms with E-state index in [9.17, 15) is 9.59 Å². The Kier molecular flexibility index (Phi) is 5.32. The number of ketones is 1. The van der Waals surface area contributed by atoms with Crippen molar-refractivity contribution in [3.63, 3.8) is 0 Å². The maximum atomic E-state index is 12.1. The summed E-state index contributed by atoms with van der Waals surface area (Å²) in [5.74, 6) is 1.46. The molecule has 2 aliphatic rings. The van der Waals surface area contributed by atoms with Crippen molar-refractivity contribution >= 4 is 24.1 Å². The average molecular weight is 339 g/mol. The smallest absolute Gasteiger partial charge is 0.222 e. The molecule has 1 saturated heterocycles. The number of fused-ring (bicyclic) bond motifs is 1. The van der Waals surface area contributed by atoms with Gasteiger partial charge in [-0.25, -0.2) is 0 Å². The van der Waals surface area contributed by atoms with Crippen LogP contribution in [0.4, 0.5) is 0 Å². The van der Waals surface area contributed by atoms with Crippen LogP contribution in [0.1, 0.15) is 36.5 Å². The molecule has 1 aliphatic heterocycles. The van der Waals surface area contributed by atoms with E-state index in [1.807, 2.05) is 4.90 Å². The van der Waals surface area contributed by atoms with Gasteiger partial charge in [0.1, 0.15) is 5.75 Å². The number of Topliss-reactive ketones (excluding diaryl/α,β-unsaturated/α-hetero) is 1. The minimum absolute atomic E-state index is 0. The number of piperidine rings is 1. The Hall–Kier alpha value is -1.59. The normalized spacial score (nSPS) is 24.6. The first-order valence-corrected chi connectivity index (χ1v) is 7.78. The Labute approximate surface area is 142 Å². The fraction of sp³-hybridized carbons (Fsp3) is 0.529. The van der Waals surface area contributed by atoms with Gasteiger partial charge in [-0.15, -0.1) is 12.4 Å². The zero-order valence-corrected chi connectivity index (χ0v) is 14.1. The number of hydrogen-bond donors (Lipinski definition) is 1. The number of rotatable bonds is 6. The van der Waals surface area contributed by atoms with Crippen molar-refractivity contribution in [3.8, 4) is 5.75 Å². The van der Waals surface area contributed by atoms with E-state index in [0.29, 0.717) is 37.5 Å². The van der Waals surface area contributed by atoms with E-state index in [1.54, 1.807) is 24.3 Å². The van der Waals surface area contributed by atoms with E-state index in [1.165, 1.54) is 6.92 Å². The summed E-state index contributed by atoms with van der Waals surface area (Å²) in [6.07, 6.45) is 2.25. The number of carbonyl (C=O) groups is 2. The molecule has 3 rings (SSSR count). The molecule has 1 saturated carbocycles. The van der Waals surface area contributed by atoms with E-state index in [-0.39, 0.29) is 29.6 Å². The third-order valence-corrected chi connectivity index (χ3v) is 4.62. The lowest BCUT2D eigenvalue weighted by molar-refractivity contribution is -0.130. The highest BCUT2D eigenvalue weighted by Gasteiger charge is 2.57. The number of hydrogen-bond acceptors (Lipinski definition) is 4. The molecule has 1 aromatic carbocycles. The monoisotopic (exact) mass is 338 g/mol. The SMILES string of the molecule is CC(=O)c1ccc(OCCCC(=O)N2C[C@@H]3C[C@]3(N)C2)cc1.Cl. The number of ether oxygens (including phenoxy) is 1. The Bertz CT molecular complexity index is 590. The summed E-state index contributed by atoms with van der Waals surface area (Å²) in [7, 11) is 0. The first-order chi connectivity index (χ1) is 10.5. The Morgan fingerprint density at radius 3 is 2.61 bits per heavy atom. The van der Waals surface area contributed by atoms with Crippen LogP contribution in [0.15, 0.2) is 24.3 Å². The number of halogens is 1. The average Bonchev–Trinajstić information content (AvgIpc) is 3.01. The van der Waals surface area contributed by atoms with Gasteiger partial charge in [0.05, 0.1) is 6.61 Å². The highest BCUT2D eigenvalue weighted by Crippen LogP contribution is 2.47. The summed E-state index contributed by atoms with van der Waals surface area (Å²) in [6, 6.07) is 7.06. The third kappa shape index (κ3) is 4.03. The molecule has 5 nitrogen and oxygen atoms in total. The number of carbonyl (C=O) groups excluding carboxylic acids is 2. The van der Waals surface area contributed by atoms with Gasteiger partial charge in [0.25, 0.3) is 0 Å². The van der Waals surface area contributed by atoms with Gasteiger partial charge < -0.3 is 15.4 Å². The maximum Gasteiger partial charge on any atom is 0.222 e. The number of likely N-dealkylation sites (tertiary alicyclic amines) is 1. The zero-order valence-electron chi connectivity index (χ0n) is 13.3. The van der Waals surface area contributed by atoms with E-state index < -0.39 is 0 Å². The number of nitrogens with two attached hydrogens (primary N) is 1. The minimum Gasteiger partial charge on any atom is -0.494 e. The lowest BCUT2D eigenvalue weighted by Crippen LogP contribution is -2.37. The van der Waals surface area contributed by atoms with Crippen LogP contribution in [-0.2, 0) is 4.79 Å². The van der Waals surface area contributed by atoms with E-state index in [4.69, 9.17) is 10.5 Å². The molecule has 0 aromatic heterocycles. The van der Waals surface area contributed by atoms with Crippen molar-refractivity contribution in [3.05, 3.63) is 29.8 Å². The molecule has 2 atom stereocenters. The molecule has 0 unspecified atom stereocenters. The minimum atomic E-state index is -0.0788. The molecular formula is C17H23ClN2O3. The molecule has 126 valence electrons. The van der Waals surface area contributed by atoms with Crippen LogP contribution in [0, 0.1) is 5.92 Å². The van der Waals surface area contributed by atoms with Gasteiger partial charge in [-0.05, 0) is 49.9 Å². The first-order valence-electron chi connectivity index (χ1n) is 7.78. The van der Waals surface area contributed by atoms with Crippen LogP contribution < -0.4 is 10.5 Å². The fourth-order valence-corrected chi connectivity index (χ4v) is 3.07. The van der Waals surface area contributed by atoms with Crippen molar-refractivity contribution in [2.45, 2.75) is 31.7 Å². The van der Waals surface area contributed by atoms with E-state index in [2.05, 4.69) is 0 Å². The second-order valence-corrected chi connectivity index (χ2v) is 6.44. The molecule has 1 aliphatic carbocycles. The molecule has 6 heteroatoms. The highest BCUT2D eigenvalue weighted by atomic mass is 35.5. The Morgan fingerprint density at radius 1 is 1.35 bits per heavy atom. The molecule has 0 radical (unpaired) electrons. The highest BCUT2D eigenvalue weighted by molar-refractivity contribution is 5.94. The summed E-state index contributed by atoms with van der Waals surface area (Å²) in [4.78, 5) is 25.1. The molecule has 1 aromatic rings.